The van der Waals surface area contributed by atoms with Crippen LogP contribution < -0.4 is 10.1 Å². The first-order valence-corrected chi connectivity index (χ1v) is 12.0. The van der Waals surface area contributed by atoms with Crippen LogP contribution >= 0.6 is 0 Å². The van der Waals surface area contributed by atoms with Crippen molar-refractivity contribution in [1.82, 2.24) is 15.1 Å². The van der Waals surface area contributed by atoms with Crippen LogP contribution in [0, 0.1) is 24.2 Å². The summed E-state index contributed by atoms with van der Waals surface area (Å²) >= 11 is 0. The molecule has 5 rings (SSSR count). The molecule has 0 unspecified atom stereocenters. The molecule has 0 radical (unpaired) electrons. The van der Waals surface area contributed by atoms with Gasteiger partial charge in [-0.2, -0.15) is 10.4 Å². The van der Waals surface area contributed by atoms with Crippen LogP contribution in [-0.4, -0.2) is 28.3 Å². The number of nitriles is 1. The van der Waals surface area contributed by atoms with Crippen molar-refractivity contribution in [2.45, 2.75) is 57.4 Å². The quantitative estimate of drug-likeness (QED) is 0.542. The Balaban J connectivity index is 0.000000172. The van der Waals surface area contributed by atoms with Crippen molar-refractivity contribution in [3.8, 4) is 28.6 Å². The van der Waals surface area contributed by atoms with Gasteiger partial charge in [0.2, 0.25) is 5.91 Å². The van der Waals surface area contributed by atoms with Gasteiger partial charge in [-0.3, -0.25) is 4.79 Å². The van der Waals surface area contributed by atoms with Gasteiger partial charge in [0.15, 0.2) is 0 Å². The van der Waals surface area contributed by atoms with Gasteiger partial charge in [-0.05, 0) is 50.3 Å². The fourth-order valence-electron chi connectivity index (χ4n) is 4.20. The van der Waals surface area contributed by atoms with Gasteiger partial charge >= 0.3 is 0 Å². The van der Waals surface area contributed by atoms with E-state index in [4.69, 9.17) is 10.00 Å². The van der Waals surface area contributed by atoms with E-state index in [9.17, 15) is 4.79 Å². The number of nitrogens with one attached hydrogen (secondary N) is 1. The summed E-state index contributed by atoms with van der Waals surface area (Å²) in [5.74, 6) is 1.12. The highest BCUT2D eigenvalue weighted by Crippen LogP contribution is 2.35. The Bertz CT molecular complexity index is 1150. The van der Waals surface area contributed by atoms with Crippen LogP contribution in [0.1, 0.15) is 50.5 Å². The molecule has 0 bridgehead atoms. The van der Waals surface area contributed by atoms with Crippen molar-refractivity contribution in [1.29, 1.82) is 5.26 Å². The predicted octanol–water partition coefficient (Wildman–Crippen LogP) is 5.60. The van der Waals surface area contributed by atoms with Gasteiger partial charge in [0.25, 0.3) is 0 Å². The van der Waals surface area contributed by atoms with E-state index >= 15 is 0 Å². The Morgan fingerprint density at radius 3 is 2.50 bits per heavy atom. The molecule has 1 heterocycles. The maximum Gasteiger partial charge on any atom is 0.224 e. The largest absolute Gasteiger partial charge is 0.497 e. The number of hydrogen-bond acceptors (Lipinski definition) is 4. The average molecular weight is 457 g/mol. The molecule has 1 amide bonds. The van der Waals surface area contributed by atoms with Crippen molar-refractivity contribution in [2.24, 2.45) is 5.92 Å². The van der Waals surface area contributed by atoms with Crippen molar-refractivity contribution in [3.05, 3.63) is 66.5 Å². The third kappa shape index (κ3) is 5.85. The highest BCUT2D eigenvalue weighted by molar-refractivity contribution is 5.80. The van der Waals surface area contributed by atoms with E-state index in [1.807, 2.05) is 41.3 Å². The molecule has 3 aromatic rings. The van der Waals surface area contributed by atoms with Gasteiger partial charge < -0.3 is 10.1 Å². The molecule has 0 atom stereocenters. The van der Waals surface area contributed by atoms with E-state index in [2.05, 4.69) is 47.7 Å². The lowest BCUT2D eigenvalue weighted by molar-refractivity contribution is -0.126. The molecule has 0 aliphatic heterocycles. The number of carbonyl (C=O) groups is 1. The van der Waals surface area contributed by atoms with Crippen LogP contribution in [0.15, 0.2) is 60.9 Å². The summed E-state index contributed by atoms with van der Waals surface area (Å²) in [6, 6.07) is 18.5. The Morgan fingerprint density at radius 2 is 1.85 bits per heavy atom. The molecule has 1 N–H and O–H groups in total. The zero-order valence-corrected chi connectivity index (χ0v) is 20.0. The van der Waals surface area contributed by atoms with Gasteiger partial charge in [0.05, 0.1) is 25.1 Å². The molecular weight excluding hydrogens is 424 g/mol. The molecule has 2 aliphatic rings. The van der Waals surface area contributed by atoms with Crippen LogP contribution in [0.5, 0.6) is 5.75 Å². The second-order valence-electron chi connectivity index (χ2n) is 9.26. The van der Waals surface area contributed by atoms with Crippen molar-refractivity contribution in [3.63, 3.8) is 0 Å². The minimum absolute atomic E-state index is 0.115. The molecule has 2 aliphatic carbocycles. The number of rotatable bonds is 5. The number of ether oxygens (including phenoxy) is 1. The number of carbonyl (C=O) groups excluding carboxylic acids is 1. The van der Waals surface area contributed by atoms with E-state index in [1.54, 1.807) is 7.11 Å². The Kier molecular flexibility index (Phi) is 7.32. The molecule has 176 valence electrons. The van der Waals surface area contributed by atoms with Crippen LogP contribution in [0.3, 0.4) is 0 Å². The first-order valence-electron chi connectivity index (χ1n) is 12.0. The van der Waals surface area contributed by atoms with Crippen LogP contribution in [0.2, 0.25) is 0 Å². The lowest BCUT2D eigenvalue weighted by Crippen LogP contribution is -2.40. The van der Waals surface area contributed by atoms with E-state index in [-0.39, 0.29) is 11.8 Å². The first kappa shape index (κ1) is 23.6. The first-order chi connectivity index (χ1) is 16.5. The minimum Gasteiger partial charge on any atom is -0.497 e. The molecule has 1 aromatic heterocycles. The minimum atomic E-state index is -0.478. The summed E-state index contributed by atoms with van der Waals surface area (Å²) in [4.78, 5) is 11.8. The SMILES string of the molecule is COc1cccc(-n2cc(-c3ccc(C)cc3)cn2)c1.N#CC1(NC(=O)C2CCCCC2)CC1. The van der Waals surface area contributed by atoms with Crippen LogP contribution in [-0.2, 0) is 4.79 Å². The fraction of sp³-hybridized carbons (Fsp3) is 0.393. The van der Waals surface area contributed by atoms with Crippen LogP contribution in [0.25, 0.3) is 16.8 Å². The second kappa shape index (κ2) is 10.6. The summed E-state index contributed by atoms with van der Waals surface area (Å²) in [7, 11) is 1.67. The molecular formula is C28H32N4O2. The summed E-state index contributed by atoms with van der Waals surface area (Å²) < 4.78 is 7.10. The molecule has 2 aromatic carbocycles. The highest BCUT2D eigenvalue weighted by atomic mass is 16.5. The predicted molar refractivity (Wildman–Crippen MR) is 133 cm³/mol. The lowest BCUT2D eigenvalue weighted by Gasteiger charge is -2.22. The number of nitrogens with zero attached hydrogens (tertiary/aromatic N) is 3. The van der Waals surface area contributed by atoms with Crippen molar-refractivity contribution in [2.75, 3.05) is 7.11 Å². The Labute approximate surface area is 201 Å². The molecule has 2 fully saturated rings. The smallest absolute Gasteiger partial charge is 0.224 e. The van der Waals surface area contributed by atoms with Crippen molar-refractivity contribution < 1.29 is 9.53 Å². The van der Waals surface area contributed by atoms with E-state index in [0.29, 0.717) is 0 Å². The van der Waals surface area contributed by atoms with E-state index < -0.39 is 5.54 Å². The standard InChI is InChI=1S/C17H16N2O.C11H16N2O/c1-13-6-8-14(9-7-13)15-11-18-19(12-15)16-4-3-5-17(10-16)20-2;12-8-11(6-7-11)13-10(14)9-4-2-1-3-5-9/h3-12H,1-2H3;9H,1-7H2,(H,13,14). The Morgan fingerprint density at radius 1 is 1.12 bits per heavy atom. The molecule has 6 nitrogen and oxygen atoms in total. The van der Waals surface area contributed by atoms with Gasteiger partial charge in [-0.1, -0.05) is 55.2 Å². The zero-order chi connectivity index (χ0) is 24.0. The molecule has 0 spiro atoms. The number of hydrogen-bond donors (Lipinski definition) is 1. The number of amides is 1. The Hall–Kier alpha value is -3.59. The van der Waals surface area contributed by atoms with Crippen molar-refractivity contribution >= 4 is 5.91 Å². The topological polar surface area (TPSA) is 79.9 Å². The maximum absolute atomic E-state index is 11.8. The third-order valence-electron chi connectivity index (χ3n) is 6.59. The van der Waals surface area contributed by atoms with Gasteiger partial charge in [-0.25, -0.2) is 4.68 Å². The summed E-state index contributed by atoms with van der Waals surface area (Å²) in [6.07, 6.45) is 11.2. The monoisotopic (exact) mass is 456 g/mol. The average Bonchev–Trinajstić information content (AvgIpc) is 3.48. The molecule has 0 saturated heterocycles. The maximum atomic E-state index is 11.8. The van der Waals surface area contributed by atoms with Gasteiger partial charge in [0, 0.05) is 23.7 Å². The second-order valence-corrected chi connectivity index (χ2v) is 9.26. The zero-order valence-electron chi connectivity index (χ0n) is 20.0. The number of aryl methyl sites for hydroxylation is 1. The normalized spacial score (nSPS) is 16.5. The number of aromatic nitrogens is 2. The number of methoxy groups -OCH3 is 1. The number of benzene rings is 2. The van der Waals surface area contributed by atoms with Crippen LogP contribution in [0.4, 0.5) is 0 Å². The molecule has 6 heteroatoms. The summed E-state index contributed by atoms with van der Waals surface area (Å²) in [5, 5.41) is 16.1. The van der Waals surface area contributed by atoms with E-state index in [0.717, 1.165) is 55.5 Å². The highest BCUT2D eigenvalue weighted by Gasteiger charge is 2.45. The van der Waals surface area contributed by atoms with Gasteiger partial charge in [-0.15, -0.1) is 0 Å². The third-order valence-corrected chi connectivity index (χ3v) is 6.59. The van der Waals surface area contributed by atoms with E-state index in [1.165, 1.54) is 17.5 Å². The molecule has 2 saturated carbocycles. The molecule has 34 heavy (non-hydrogen) atoms. The summed E-state index contributed by atoms with van der Waals surface area (Å²) in [5.41, 5.74) is 4.04. The van der Waals surface area contributed by atoms with Gasteiger partial charge in [0.1, 0.15) is 11.3 Å². The fourth-order valence-corrected chi connectivity index (χ4v) is 4.20. The lowest BCUT2D eigenvalue weighted by atomic mass is 9.88. The summed E-state index contributed by atoms with van der Waals surface area (Å²) in [6.45, 7) is 2.09.